The third kappa shape index (κ3) is 4.58. The molecule has 2 heterocycles. The first kappa shape index (κ1) is 22.8. The molecule has 1 atom stereocenters. The molecule has 2 saturated heterocycles. The number of ether oxygens (including phenoxy) is 2. The number of aliphatic hydroxyl groups is 1. The van der Waals surface area contributed by atoms with Crippen LogP contribution >= 0.6 is 0 Å². The Morgan fingerprint density at radius 2 is 1.79 bits per heavy atom. The largest absolute Gasteiger partial charge is 0.507 e. The predicted molar refractivity (Wildman–Crippen MR) is 122 cm³/mol. The number of carbonyl (C=O) groups is 2. The third-order valence-electron chi connectivity index (χ3n) is 6.15. The molecule has 8 heteroatoms. The van der Waals surface area contributed by atoms with Crippen molar-refractivity contribution >= 4 is 17.4 Å². The molecule has 2 aromatic rings. The number of aromatic hydroxyl groups is 1. The molecule has 0 aromatic heterocycles. The van der Waals surface area contributed by atoms with Gasteiger partial charge in [-0.05, 0) is 24.6 Å². The molecular weight excluding hydrogens is 424 g/mol. The average molecular weight is 453 g/mol. The monoisotopic (exact) mass is 452 g/mol. The smallest absolute Gasteiger partial charge is 0.295 e. The number of nitrogens with zero attached hydrogens (tertiary/aromatic N) is 2. The summed E-state index contributed by atoms with van der Waals surface area (Å²) in [5, 5.41) is 21.2. The van der Waals surface area contributed by atoms with Crippen LogP contribution in [0.2, 0.25) is 0 Å². The molecule has 0 spiro atoms. The standard InChI is InChI=1S/C25H28N2O6/c1-16-3-5-17(6-4-16)23(29)21-22(18-7-8-19(28)20(15-18)32-2)27(25(31)24(21)30)10-9-26-11-13-33-14-12-26/h3-8,15,22,28-29H,9-14H2,1-2H3/b23-21+. The van der Waals surface area contributed by atoms with Gasteiger partial charge in [0.15, 0.2) is 11.5 Å². The lowest BCUT2D eigenvalue weighted by Crippen LogP contribution is -2.42. The van der Waals surface area contributed by atoms with E-state index >= 15 is 0 Å². The van der Waals surface area contributed by atoms with Gasteiger partial charge in [0.2, 0.25) is 0 Å². The molecule has 0 saturated carbocycles. The highest BCUT2D eigenvalue weighted by atomic mass is 16.5. The Bertz CT molecular complexity index is 1070. The van der Waals surface area contributed by atoms with E-state index in [1.807, 2.05) is 19.1 Å². The van der Waals surface area contributed by atoms with E-state index < -0.39 is 17.7 Å². The highest BCUT2D eigenvalue weighted by Crippen LogP contribution is 2.41. The molecule has 0 aliphatic carbocycles. The van der Waals surface area contributed by atoms with Crippen molar-refractivity contribution in [1.82, 2.24) is 9.80 Å². The topological polar surface area (TPSA) is 99.5 Å². The first-order chi connectivity index (χ1) is 15.9. The molecular formula is C25H28N2O6. The molecule has 2 fully saturated rings. The third-order valence-corrected chi connectivity index (χ3v) is 6.15. The summed E-state index contributed by atoms with van der Waals surface area (Å²) in [7, 11) is 1.43. The second-order valence-corrected chi connectivity index (χ2v) is 8.24. The number of benzene rings is 2. The Balaban J connectivity index is 1.76. The fourth-order valence-electron chi connectivity index (χ4n) is 4.26. The molecule has 4 rings (SSSR count). The van der Waals surface area contributed by atoms with Gasteiger partial charge >= 0.3 is 0 Å². The lowest BCUT2D eigenvalue weighted by molar-refractivity contribution is -0.140. The molecule has 2 N–H and O–H groups in total. The average Bonchev–Trinajstić information content (AvgIpc) is 3.08. The fourth-order valence-corrected chi connectivity index (χ4v) is 4.26. The molecule has 8 nitrogen and oxygen atoms in total. The molecule has 2 aliphatic rings. The van der Waals surface area contributed by atoms with E-state index in [2.05, 4.69) is 4.90 Å². The molecule has 2 aromatic carbocycles. The minimum Gasteiger partial charge on any atom is -0.507 e. The quantitative estimate of drug-likeness (QED) is 0.395. The van der Waals surface area contributed by atoms with Gasteiger partial charge in [-0.1, -0.05) is 35.9 Å². The van der Waals surface area contributed by atoms with Crippen LogP contribution in [0.25, 0.3) is 5.76 Å². The second kappa shape index (κ2) is 9.64. The van der Waals surface area contributed by atoms with Gasteiger partial charge in [0.1, 0.15) is 5.76 Å². The number of ketones is 1. The summed E-state index contributed by atoms with van der Waals surface area (Å²) < 4.78 is 10.6. The first-order valence-electron chi connectivity index (χ1n) is 10.9. The minimum atomic E-state index is -0.804. The summed E-state index contributed by atoms with van der Waals surface area (Å²) >= 11 is 0. The predicted octanol–water partition coefficient (Wildman–Crippen LogP) is 2.46. The van der Waals surface area contributed by atoms with E-state index in [1.165, 1.54) is 18.1 Å². The zero-order chi connectivity index (χ0) is 23.5. The number of phenols is 1. The van der Waals surface area contributed by atoms with Gasteiger partial charge in [-0.25, -0.2) is 0 Å². The van der Waals surface area contributed by atoms with Gasteiger partial charge in [0, 0.05) is 31.7 Å². The van der Waals surface area contributed by atoms with Crippen LogP contribution in [0, 0.1) is 6.92 Å². The molecule has 33 heavy (non-hydrogen) atoms. The van der Waals surface area contributed by atoms with Crippen molar-refractivity contribution in [1.29, 1.82) is 0 Å². The number of aliphatic hydroxyl groups excluding tert-OH is 1. The van der Waals surface area contributed by atoms with Gasteiger partial charge < -0.3 is 24.6 Å². The maximum absolute atomic E-state index is 13.1. The van der Waals surface area contributed by atoms with Crippen molar-refractivity contribution in [2.45, 2.75) is 13.0 Å². The van der Waals surface area contributed by atoms with Crippen LogP contribution in [0.4, 0.5) is 0 Å². The highest BCUT2D eigenvalue weighted by molar-refractivity contribution is 6.46. The van der Waals surface area contributed by atoms with Crippen LogP contribution in [0.15, 0.2) is 48.0 Å². The molecule has 0 radical (unpaired) electrons. The Kier molecular flexibility index (Phi) is 6.67. The van der Waals surface area contributed by atoms with Gasteiger partial charge in [0.25, 0.3) is 11.7 Å². The van der Waals surface area contributed by atoms with E-state index in [-0.39, 0.29) is 22.8 Å². The number of hydrogen-bond acceptors (Lipinski definition) is 7. The van der Waals surface area contributed by atoms with Crippen molar-refractivity contribution in [2.24, 2.45) is 0 Å². The Hall–Kier alpha value is -3.36. The van der Waals surface area contributed by atoms with Crippen LogP contribution in [0.5, 0.6) is 11.5 Å². The zero-order valence-electron chi connectivity index (χ0n) is 18.8. The van der Waals surface area contributed by atoms with Crippen LogP contribution in [-0.4, -0.2) is 78.2 Å². The van der Waals surface area contributed by atoms with E-state index in [0.717, 1.165) is 18.7 Å². The maximum Gasteiger partial charge on any atom is 0.295 e. The van der Waals surface area contributed by atoms with Crippen LogP contribution in [-0.2, 0) is 14.3 Å². The number of hydrogen-bond donors (Lipinski definition) is 2. The Labute approximate surface area is 192 Å². The summed E-state index contributed by atoms with van der Waals surface area (Å²) in [4.78, 5) is 29.9. The van der Waals surface area contributed by atoms with Crippen molar-refractivity contribution in [3.05, 3.63) is 64.7 Å². The number of rotatable bonds is 6. The summed E-state index contributed by atoms with van der Waals surface area (Å²) in [6.07, 6.45) is 0. The fraction of sp³-hybridized carbons (Fsp3) is 0.360. The van der Waals surface area contributed by atoms with Gasteiger partial charge in [-0.15, -0.1) is 0 Å². The summed E-state index contributed by atoms with van der Waals surface area (Å²) in [5.74, 6) is -1.44. The number of phenolic OH excluding ortho intramolecular Hbond substituents is 1. The Morgan fingerprint density at radius 1 is 1.09 bits per heavy atom. The number of carbonyl (C=O) groups excluding carboxylic acids is 2. The van der Waals surface area contributed by atoms with Crippen LogP contribution < -0.4 is 4.74 Å². The summed E-state index contributed by atoms with van der Waals surface area (Å²) in [6.45, 7) is 5.58. The molecule has 174 valence electrons. The SMILES string of the molecule is COc1cc(C2/C(=C(\O)c3ccc(C)cc3)C(=O)C(=O)N2CCN2CCOCC2)ccc1O. The van der Waals surface area contributed by atoms with Crippen LogP contribution in [0.3, 0.4) is 0 Å². The number of amides is 1. The molecule has 0 bridgehead atoms. The number of methoxy groups -OCH3 is 1. The van der Waals surface area contributed by atoms with Crippen LogP contribution in [0.1, 0.15) is 22.7 Å². The summed E-state index contributed by atoms with van der Waals surface area (Å²) in [5.41, 5.74) is 2.07. The van der Waals surface area contributed by atoms with Gasteiger partial charge in [0.05, 0.1) is 31.9 Å². The van der Waals surface area contributed by atoms with Gasteiger partial charge in [-0.2, -0.15) is 0 Å². The van der Waals surface area contributed by atoms with E-state index in [0.29, 0.717) is 37.4 Å². The van der Waals surface area contributed by atoms with Crippen molar-refractivity contribution in [3.8, 4) is 11.5 Å². The number of Topliss-reactive ketones (excluding diaryl/α,β-unsaturated/α-hetero) is 1. The number of aryl methyl sites for hydroxylation is 1. The highest BCUT2D eigenvalue weighted by Gasteiger charge is 2.46. The van der Waals surface area contributed by atoms with E-state index in [4.69, 9.17) is 9.47 Å². The Morgan fingerprint density at radius 3 is 2.45 bits per heavy atom. The molecule has 2 aliphatic heterocycles. The zero-order valence-corrected chi connectivity index (χ0v) is 18.8. The first-order valence-corrected chi connectivity index (χ1v) is 10.9. The maximum atomic E-state index is 13.1. The summed E-state index contributed by atoms with van der Waals surface area (Å²) in [6, 6.07) is 11.0. The van der Waals surface area contributed by atoms with Crippen molar-refractivity contribution in [3.63, 3.8) is 0 Å². The van der Waals surface area contributed by atoms with Crippen molar-refractivity contribution < 1.29 is 29.3 Å². The van der Waals surface area contributed by atoms with E-state index in [9.17, 15) is 19.8 Å². The lowest BCUT2D eigenvalue weighted by atomic mass is 9.94. The lowest BCUT2D eigenvalue weighted by Gasteiger charge is -2.31. The van der Waals surface area contributed by atoms with E-state index in [1.54, 1.807) is 24.3 Å². The van der Waals surface area contributed by atoms with Crippen molar-refractivity contribution in [2.75, 3.05) is 46.5 Å². The normalized spacial score (nSPS) is 20.9. The molecule has 1 amide bonds. The minimum absolute atomic E-state index is 0.0265. The number of likely N-dealkylation sites (tertiary alicyclic amines) is 1. The van der Waals surface area contributed by atoms with Gasteiger partial charge in [-0.3, -0.25) is 14.5 Å². The second-order valence-electron chi connectivity index (χ2n) is 8.24. The molecule has 1 unspecified atom stereocenters. The number of morpholine rings is 1.